The maximum atomic E-state index is 13.3. The second kappa shape index (κ2) is 20.8. The molecule has 2 aromatic carbocycles. The number of unbranched alkanes of at least 4 members (excludes halogenated alkanes) is 3. The van der Waals surface area contributed by atoms with Crippen molar-refractivity contribution in [3.63, 3.8) is 0 Å². The van der Waals surface area contributed by atoms with Crippen LogP contribution in [0.1, 0.15) is 64.4 Å². The quantitative estimate of drug-likeness (QED) is 0.0394. The summed E-state index contributed by atoms with van der Waals surface area (Å²) in [6, 6.07) is 8.73. The third-order valence-electron chi connectivity index (χ3n) is 7.05. The van der Waals surface area contributed by atoms with Crippen LogP contribution in [0.3, 0.4) is 0 Å². The Kier molecular flexibility index (Phi) is 16.9. The number of rotatable bonds is 20. The smallest absolute Gasteiger partial charge is 0.429 e. The number of nitrogens with one attached hydrogen (secondary N) is 4. The monoisotopic (exact) mass is 671 g/mol. The molecule has 16 heteroatoms. The van der Waals surface area contributed by atoms with E-state index in [0.29, 0.717) is 30.6 Å². The third kappa shape index (κ3) is 14.9. The molecule has 0 spiro atoms. The summed E-state index contributed by atoms with van der Waals surface area (Å²) >= 11 is 0. The van der Waals surface area contributed by atoms with Gasteiger partial charge in [-0.1, -0.05) is 38.8 Å². The van der Waals surface area contributed by atoms with Crippen molar-refractivity contribution in [2.45, 2.75) is 77.5 Å². The number of hydrogen-bond acceptors (Lipinski definition) is 10. The van der Waals surface area contributed by atoms with Gasteiger partial charge in [0.05, 0.1) is 4.92 Å². The Morgan fingerprint density at radius 2 is 1.54 bits per heavy atom. The van der Waals surface area contributed by atoms with E-state index < -0.39 is 41.0 Å². The first-order valence-electron chi connectivity index (χ1n) is 15.7. The number of anilines is 1. The highest BCUT2D eigenvalue weighted by Crippen LogP contribution is 2.18. The number of benzene rings is 2. The van der Waals surface area contributed by atoms with E-state index in [0.717, 1.165) is 19.3 Å². The molecule has 0 heterocycles. The maximum Gasteiger partial charge on any atom is 0.514 e. The fourth-order valence-corrected chi connectivity index (χ4v) is 4.43. The van der Waals surface area contributed by atoms with E-state index in [2.05, 4.69) is 21.3 Å². The van der Waals surface area contributed by atoms with Gasteiger partial charge in [0.25, 0.3) is 5.69 Å². The molecule has 5 amide bonds. The van der Waals surface area contributed by atoms with Crippen LogP contribution in [0.15, 0.2) is 48.5 Å². The Bertz CT molecular complexity index is 1370. The Labute approximate surface area is 278 Å². The Hall–Kier alpha value is -5.25. The van der Waals surface area contributed by atoms with E-state index in [1.807, 2.05) is 0 Å². The summed E-state index contributed by atoms with van der Waals surface area (Å²) in [5.74, 6) is -1.48. The highest BCUT2D eigenvalue weighted by molar-refractivity contribution is 5.98. The van der Waals surface area contributed by atoms with Crippen molar-refractivity contribution in [1.29, 1.82) is 0 Å². The Balaban J connectivity index is 1.97. The number of non-ortho nitro benzene ring substituents is 1. The molecule has 8 N–H and O–H groups in total. The van der Waals surface area contributed by atoms with Gasteiger partial charge < -0.3 is 42.2 Å². The number of primary amides is 1. The van der Waals surface area contributed by atoms with Gasteiger partial charge in [-0.2, -0.15) is 0 Å². The minimum absolute atomic E-state index is 0.0758. The van der Waals surface area contributed by atoms with Crippen molar-refractivity contribution in [2.24, 2.45) is 17.4 Å². The lowest BCUT2D eigenvalue weighted by Gasteiger charge is -2.25. The lowest BCUT2D eigenvalue weighted by atomic mass is 10.0. The average molecular weight is 672 g/mol. The number of carbonyl (C=O) groups excluding carboxylic acids is 5. The molecular formula is C32H45N7O9. The van der Waals surface area contributed by atoms with Crippen molar-refractivity contribution < 1.29 is 38.4 Å². The number of nitro groups is 1. The normalized spacial score (nSPS) is 11.9. The van der Waals surface area contributed by atoms with Crippen molar-refractivity contribution in [3.8, 4) is 5.75 Å². The number of carbonyl (C=O) groups is 5. The molecule has 48 heavy (non-hydrogen) atoms. The summed E-state index contributed by atoms with van der Waals surface area (Å²) in [5, 5.41) is 21.5. The van der Waals surface area contributed by atoms with E-state index in [9.17, 15) is 34.1 Å². The largest absolute Gasteiger partial charge is 0.514 e. The maximum absolute atomic E-state index is 13.3. The van der Waals surface area contributed by atoms with Crippen molar-refractivity contribution in [3.05, 3.63) is 64.2 Å². The van der Waals surface area contributed by atoms with Crippen LogP contribution in [0.2, 0.25) is 0 Å². The second-order valence-electron chi connectivity index (χ2n) is 11.3. The molecule has 16 nitrogen and oxygen atoms in total. The first-order chi connectivity index (χ1) is 22.9. The molecule has 0 aliphatic carbocycles. The van der Waals surface area contributed by atoms with Crippen LogP contribution in [-0.4, -0.2) is 60.0 Å². The minimum Gasteiger partial charge on any atom is -0.429 e. The molecule has 0 radical (unpaired) electrons. The molecule has 0 bridgehead atoms. The van der Waals surface area contributed by atoms with Crippen molar-refractivity contribution >= 4 is 41.3 Å². The van der Waals surface area contributed by atoms with E-state index in [-0.39, 0.29) is 49.3 Å². The molecule has 0 unspecified atom stereocenters. The van der Waals surface area contributed by atoms with Gasteiger partial charge in [-0.25, -0.2) is 9.59 Å². The summed E-state index contributed by atoms with van der Waals surface area (Å²) in [4.78, 5) is 72.4. The van der Waals surface area contributed by atoms with Crippen LogP contribution in [-0.2, 0) is 25.7 Å². The molecule has 0 saturated heterocycles. The molecule has 0 saturated carbocycles. The van der Waals surface area contributed by atoms with E-state index in [1.165, 1.54) is 24.3 Å². The summed E-state index contributed by atoms with van der Waals surface area (Å²) in [5.41, 5.74) is 11.5. The van der Waals surface area contributed by atoms with Gasteiger partial charge in [-0.3, -0.25) is 24.5 Å². The highest BCUT2D eigenvalue weighted by atomic mass is 16.7. The van der Waals surface area contributed by atoms with Crippen molar-refractivity contribution in [1.82, 2.24) is 16.0 Å². The van der Waals surface area contributed by atoms with Gasteiger partial charge in [0.2, 0.25) is 17.7 Å². The number of hydrogen-bond donors (Lipinski definition) is 6. The van der Waals surface area contributed by atoms with Gasteiger partial charge in [-0.05, 0) is 68.0 Å². The summed E-state index contributed by atoms with van der Waals surface area (Å²) in [6.45, 7) is 4.21. The zero-order chi connectivity index (χ0) is 35.5. The molecule has 2 aromatic rings. The predicted octanol–water partition coefficient (Wildman–Crippen LogP) is 3.23. The molecule has 2 rings (SSSR count). The minimum atomic E-state index is -1.01. The molecule has 0 aliphatic rings. The van der Waals surface area contributed by atoms with Crippen LogP contribution in [0.5, 0.6) is 5.75 Å². The van der Waals surface area contributed by atoms with Gasteiger partial charge in [0.15, 0.2) is 0 Å². The predicted molar refractivity (Wildman–Crippen MR) is 177 cm³/mol. The molecule has 0 aliphatic heterocycles. The van der Waals surface area contributed by atoms with Gasteiger partial charge >= 0.3 is 12.2 Å². The van der Waals surface area contributed by atoms with Gasteiger partial charge in [0.1, 0.15) is 24.4 Å². The van der Waals surface area contributed by atoms with Gasteiger partial charge in [0, 0.05) is 30.8 Å². The second-order valence-corrected chi connectivity index (χ2v) is 11.3. The molecule has 0 fully saturated rings. The number of nitrogens with zero attached hydrogens (tertiary/aromatic N) is 1. The summed E-state index contributed by atoms with van der Waals surface area (Å²) in [7, 11) is 0. The lowest BCUT2D eigenvalue weighted by molar-refractivity contribution is -0.384. The fraction of sp³-hybridized carbons (Fsp3) is 0.469. The van der Waals surface area contributed by atoms with E-state index >= 15 is 0 Å². The molecule has 2 atom stereocenters. The first-order valence-corrected chi connectivity index (χ1v) is 15.7. The zero-order valence-corrected chi connectivity index (χ0v) is 27.2. The van der Waals surface area contributed by atoms with Crippen LogP contribution in [0, 0.1) is 16.0 Å². The van der Waals surface area contributed by atoms with E-state index in [1.54, 1.807) is 38.1 Å². The Morgan fingerprint density at radius 3 is 2.15 bits per heavy atom. The van der Waals surface area contributed by atoms with Crippen LogP contribution in [0.4, 0.5) is 21.0 Å². The van der Waals surface area contributed by atoms with E-state index in [4.69, 9.17) is 20.9 Å². The average Bonchev–Trinajstić information content (AvgIpc) is 3.04. The Morgan fingerprint density at radius 1 is 0.875 bits per heavy atom. The summed E-state index contributed by atoms with van der Waals surface area (Å²) in [6.07, 6.45) is 3.10. The first kappa shape index (κ1) is 38.9. The molecule has 262 valence electrons. The van der Waals surface area contributed by atoms with Crippen LogP contribution >= 0.6 is 0 Å². The fourth-order valence-electron chi connectivity index (χ4n) is 4.43. The molecule has 0 aromatic heterocycles. The van der Waals surface area contributed by atoms with Crippen LogP contribution in [0.25, 0.3) is 0 Å². The SMILES string of the molecule is CC(C)[C@H](NC(=O)CCCCCCN)C(=O)N[C@@H](CCCNC(N)=O)C(=O)Nc1ccc(COC(=O)Oc2ccc([N+](=O)[O-])cc2)cc1. The topological polar surface area (TPSA) is 247 Å². The number of amides is 5. The summed E-state index contributed by atoms with van der Waals surface area (Å²) < 4.78 is 10.1. The van der Waals surface area contributed by atoms with Crippen LogP contribution < -0.4 is 37.5 Å². The van der Waals surface area contributed by atoms with Crippen molar-refractivity contribution in [2.75, 3.05) is 18.4 Å². The lowest BCUT2D eigenvalue weighted by Crippen LogP contribution is -2.54. The number of urea groups is 1. The van der Waals surface area contributed by atoms with Gasteiger partial charge in [-0.15, -0.1) is 0 Å². The highest BCUT2D eigenvalue weighted by Gasteiger charge is 2.28. The number of nitrogens with two attached hydrogens (primary N) is 2. The zero-order valence-electron chi connectivity index (χ0n) is 27.2. The number of nitro benzene ring substituents is 1. The number of ether oxygens (including phenoxy) is 2. The third-order valence-corrected chi connectivity index (χ3v) is 7.05. The standard InChI is InChI=1S/C32H45N7O9/c1-21(2)28(38-27(40)9-5-3-4-6-18-33)30(42)37-26(8-7-19-35-31(34)43)29(41)36-23-12-10-22(11-13-23)20-47-32(44)48-25-16-14-24(15-17-25)39(45)46/h10-17,21,26,28H,3-9,18-20,33H2,1-2H3,(H,36,41)(H,37,42)(H,38,40)(H3,34,35,43)/t26-,28-/m0/s1. The molecular weight excluding hydrogens is 626 g/mol.